The molecule has 5 saturated heterocycles. The second-order valence-corrected chi connectivity index (χ2v) is 33.5. The van der Waals surface area contributed by atoms with Crippen molar-refractivity contribution in [1.82, 2.24) is 58.6 Å². The number of halogens is 4. The van der Waals surface area contributed by atoms with Crippen molar-refractivity contribution in [3.05, 3.63) is 67.5 Å². The average molecular weight is 1520 g/mol. The molecule has 46 heteroatoms. The van der Waals surface area contributed by atoms with Crippen molar-refractivity contribution in [1.29, 1.82) is 0 Å². The molecule has 2 aromatic carbocycles. The van der Waals surface area contributed by atoms with E-state index in [2.05, 4.69) is 53.9 Å². The number of nitrogens with zero attached hydrogens (tertiary/aromatic N) is 12. The fraction of sp³-hybridized carbons (Fsp3) is 0.471. The summed E-state index contributed by atoms with van der Waals surface area (Å²) >= 11 is 20.8. The van der Waals surface area contributed by atoms with Gasteiger partial charge < -0.3 is 89.2 Å². The highest BCUT2D eigenvalue weighted by molar-refractivity contribution is 8.05. The van der Waals surface area contributed by atoms with Gasteiger partial charge in [0.05, 0.1) is 58.6 Å². The van der Waals surface area contributed by atoms with Gasteiger partial charge in [-0.15, -0.1) is 0 Å². The number of nitrogen functional groups attached to an aromatic ring is 3. The molecule has 0 radical (unpaired) electrons. The predicted octanol–water partition coefficient (Wildman–Crippen LogP) is 6.85. The first-order valence-corrected chi connectivity index (χ1v) is 38.6. The topological polar surface area (TPSA) is 508 Å². The SMILES string of the molecule is CCOc1nc(N)nc2c1ncn2[C@@H]1O[C@@H]2COP(=O)(Oc3cccc(OP4(=O)OC[C@H]5O[C@@H](n6cnc7c(OCC)nc(N)nc76)[C@](C)(O)[C@@H]5O4)c3)O[C@H]2[C@@]1(C)O.CCOc1nc(N)nc2c1ncn2[C@@H]1O[C@H](CO)[C@@H](O)[C@@]1(C)O.O=P(Cl)(Cl)Oc1cccc(OP(=O)(Cl)Cl)c1. The van der Waals surface area contributed by atoms with Gasteiger partial charge in [0.1, 0.15) is 76.4 Å². The fourth-order valence-corrected chi connectivity index (χ4v) is 15.5. The molecule has 97 heavy (non-hydrogen) atoms. The van der Waals surface area contributed by atoms with Gasteiger partial charge in [0.15, 0.2) is 52.2 Å². The molecule has 13 rings (SSSR count). The van der Waals surface area contributed by atoms with E-state index in [1.54, 1.807) is 20.8 Å². The number of benzene rings is 2. The zero-order valence-corrected chi connectivity index (χ0v) is 57.9. The Kier molecular flexibility index (Phi) is 20.5. The van der Waals surface area contributed by atoms with Crippen molar-refractivity contribution in [3.63, 3.8) is 0 Å². The van der Waals surface area contributed by atoms with E-state index in [1.807, 2.05) is 0 Å². The summed E-state index contributed by atoms with van der Waals surface area (Å²) in [6, 6.07) is 11.1. The summed E-state index contributed by atoms with van der Waals surface area (Å²) in [7, 11) is -8.86. The Hall–Kier alpha value is -6.31. The normalized spacial score (nSPS) is 30.0. The largest absolute Gasteiger partial charge is 0.530 e. The van der Waals surface area contributed by atoms with Crippen LogP contribution in [0.3, 0.4) is 0 Å². The summed E-state index contributed by atoms with van der Waals surface area (Å²) in [5, 5.41) is 53.5. The van der Waals surface area contributed by atoms with Crippen LogP contribution in [0.15, 0.2) is 67.5 Å². The van der Waals surface area contributed by atoms with Crippen LogP contribution < -0.4 is 49.5 Å². The minimum Gasteiger partial charge on any atom is -0.476 e. The van der Waals surface area contributed by atoms with Crippen LogP contribution in [-0.2, 0) is 50.6 Å². The maximum atomic E-state index is 13.9. The molecule has 8 aromatic rings. The standard InChI is InChI=1S/C32H38N10O14P2.C13H19N5O5.C6H4Cl4O4P2/c1-5-47-25-19-23(37-29(33)39-25)41(13-35-19)27-31(3,43)21-17(51-27)11-49-57(45,55-21)53-15-8-7-9-16(10-15)54-58(46)50-12-18-22(56-58)32(4,44)28(52-18)42-14-36-20-24(42)38-30(34)40-26(20)48-6-2;1-3-22-10-7-9(16-12(14)17-10)18(5-15-7)11-13(2,21)8(20)6(4-19)23-11;7-15(8,11)13-5-2-1-3-6(4-5)14-16(9,10)12/h7-10,13-14,17-18,21-22,27-28,43-44H,5-6,11-12H2,1-4H3,(H2,33,37,39)(H2,34,38,40);5-6,8,11,19-21H,3-4H2,1-2H3,(H2,14,16,17);1-4H/t17-,18-,21-,22-,27-,28-,31-,32-,57?,58?;6-,8-,11-,13-;/m11./s1. The van der Waals surface area contributed by atoms with Crippen molar-refractivity contribution in [2.45, 2.75) is 114 Å². The van der Waals surface area contributed by atoms with Gasteiger partial charge in [-0.05, 0) is 65.8 Å². The number of hydrogen-bond acceptors (Lipinski definition) is 35. The summed E-state index contributed by atoms with van der Waals surface area (Å²) in [5.41, 5.74) is 13.9. The first-order chi connectivity index (χ1) is 45.7. The summed E-state index contributed by atoms with van der Waals surface area (Å²) < 4.78 is 132. The minimum atomic E-state index is -4.43. The van der Waals surface area contributed by atoms with Crippen LogP contribution in [0, 0.1) is 0 Å². The van der Waals surface area contributed by atoms with E-state index in [-0.39, 0.29) is 94.0 Å². The molecule has 14 atom stereocenters. The fourth-order valence-electron chi connectivity index (χ4n) is 10.9. The lowest BCUT2D eigenvalue weighted by molar-refractivity contribution is -0.0950. The number of ether oxygens (including phenoxy) is 6. The van der Waals surface area contributed by atoms with Gasteiger partial charge in [0.2, 0.25) is 35.5 Å². The van der Waals surface area contributed by atoms with Crippen LogP contribution in [0.1, 0.15) is 60.2 Å². The molecule has 5 fully saturated rings. The number of phosphoric ester groups is 2. The van der Waals surface area contributed by atoms with Crippen molar-refractivity contribution < 1.29 is 108 Å². The van der Waals surface area contributed by atoms with Crippen LogP contribution in [-0.4, -0.2) is 177 Å². The van der Waals surface area contributed by atoms with E-state index < -0.39 is 107 Å². The van der Waals surface area contributed by atoms with Crippen molar-refractivity contribution in [2.75, 3.05) is 56.8 Å². The van der Waals surface area contributed by atoms with Crippen LogP contribution in [0.2, 0.25) is 0 Å². The quantitative estimate of drug-likeness (QED) is 0.0407. The van der Waals surface area contributed by atoms with Crippen molar-refractivity contribution >= 4 is 124 Å². The second kappa shape index (κ2) is 27.7. The van der Waals surface area contributed by atoms with Gasteiger partial charge in [-0.3, -0.25) is 31.8 Å². The number of imidazole rings is 3. The van der Waals surface area contributed by atoms with E-state index in [1.165, 1.54) is 102 Å². The Morgan fingerprint density at radius 1 is 0.567 bits per heavy atom. The smallest absolute Gasteiger partial charge is 0.476 e. The lowest BCUT2D eigenvalue weighted by Gasteiger charge is -2.35. The number of phosphoric acid groups is 2. The molecule has 5 aliphatic heterocycles. The molecule has 0 spiro atoms. The predicted molar refractivity (Wildman–Crippen MR) is 340 cm³/mol. The third-order valence-electron chi connectivity index (χ3n) is 14.9. The third-order valence-corrected chi connectivity index (χ3v) is 19.4. The molecule has 2 unspecified atom stereocenters. The number of aromatic nitrogens is 12. The van der Waals surface area contributed by atoms with E-state index in [0.29, 0.717) is 31.0 Å². The maximum absolute atomic E-state index is 13.9. The monoisotopic (exact) mass is 1520 g/mol. The molecule has 6 aromatic heterocycles. The molecule has 11 heterocycles. The lowest BCUT2D eigenvalue weighted by atomic mass is 9.96. The molecule has 0 aliphatic carbocycles. The maximum Gasteiger partial charge on any atom is 0.530 e. The molecule has 11 N–H and O–H groups in total. The third kappa shape index (κ3) is 15.1. The molecule has 38 nitrogen and oxygen atoms in total. The van der Waals surface area contributed by atoms with Crippen LogP contribution in [0.25, 0.3) is 33.5 Å². The molecule has 0 amide bonds. The molecule has 0 bridgehead atoms. The van der Waals surface area contributed by atoms with Gasteiger partial charge in [0.25, 0.3) is 0 Å². The number of aliphatic hydroxyl groups excluding tert-OH is 2. The summed E-state index contributed by atoms with van der Waals surface area (Å²) in [6.45, 7) is 9.61. The Morgan fingerprint density at radius 2 is 0.907 bits per heavy atom. The average Bonchev–Trinajstić information content (AvgIpc) is 1.59. The Balaban J connectivity index is 0.000000199. The molecule has 5 aliphatic rings. The lowest BCUT2D eigenvalue weighted by Crippen LogP contribution is -2.48. The van der Waals surface area contributed by atoms with Crippen LogP contribution in [0.5, 0.6) is 40.6 Å². The first kappa shape index (κ1) is 72.0. The van der Waals surface area contributed by atoms with Crippen molar-refractivity contribution in [2.24, 2.45) is 0 Å². The molecular formula is C51H61Cl4N15O23P4. The van der Waals surface area contributed by atoms with Gasteiger partial charge in [-0.2, -0.15) is 29.9 Å². The van der Waals surface area contributed by atoms with Gasteiger partial charge >= 0.3 is 27.8 Å². The number of aliphatic hydroxyl groups is 5. The second-order valence-electron chi connectivity index (χ2n) is 22.0. The Morgan fingerprint density at radius 3 is 1.24 bits per heavy atom. The highest BCUT2D eigenvalue weighted by atomic mass is 35.9. The number of nitrogens with two attached hydrogens (primary N) is 3. The van der Waals surface area contributed by atoms with E-state index >= 15 is 0 Å². The van der Waals surface area contributed by atoms with Crippen LogP contribution in [0.4, 0.5) is 17.8 Å². The van der Waals surface area contributed by atoms with Gasteiger partial charge in [-0.25, -0.2) is 33.2 Å². The van der Waals surface area contributed by atoms with E-state index in [4.69, 9.17) is 118 Å². The van der Waals surface area contributed by atoms with Crippen LogP contribution >= 0.6 is 72.8 Å². The highest BCUT2D eigenvalue weighted by Crippen LogP contribution is 2.62. The Labute approximate surface area is 566 Å². The zero-order chi connectivity index (χ0) is 70.0. The van der Waals surface area contributed by atoms with E-state index in [0.717, 1.165) is 0 Å². The number of anilines is 3. The molecule has 526 valence electrons. The van der Waals surface area contributed by atoms with Gasteiger partial charge in [0, 0.05) is 57.1 Å². The summed E-state index contributed by atoms with van der Waals surface area (Å²) in [5.74, 6) is 0.351. The Bertz CT molecular complexity index is 4230. The number of hydrogen-bond donors (Lipinski definition) is 8. The van der Waals surface area contributed by atoms with Crippen molar-refractivity contribution in [3.8, 4) is 40.6 Å². The van der Waals surface area contributed by atoms with Gasteiger partial charge in [-0.1, -0.05) is 12.1 Å². The molecule has 0 saturated carbocycles. The first-order valence-electron chi connectivity index (χ1n) is 28.8. The highest BCUT2D eigenvalue weighted by Gasteiger charge is 2.63. The number of rotatable bonds is 18. The molecular weight excluding hydrogens is 1460 g/mol. The van der Waals surface area contributed by atoms with E-state index in [9.17, 15) is 43.8 Å². The minimum absolute atomic E-state index is 0.0143. The summed E-state index contributed by atoms with van der Waals surface area (Å²) in [4.78, 5) is 37.7. The summed E-state index contributed by atoms with van der Waals surface area (Å²) in [6.07, 6.45) is -12.9. The zero-order valence-electron chi connectivity index (χ0n) is 51.3. The number of fused-ring (bicyclic) bond motifs is 5.